The lowest BCUT2D eigenvalue weighted by atomic mass is 9.85. The zero-order valence-electron chi connectivity index (χ0n) is 23.3. The standard InChI is InChI=1S/C30H20F8N6O2/c31-15-1-3-16(4-2-15)43-14-39-27(46)28(43)7-9-42(10-8-28)26(45)21-13-23-17-5-6-24(30(36,37)38)40-25(17)18-11-19(29(33,34)35)20(32)12-22(18)44(23)41-21/h1-6,11-13H,7-10,14H2,(H,39,46). The van der Waals surface area contributed by atoms with Crippen LogP contribution in [0.5, 0.6) is 0 Å². The van der Waals surface area contributed by atoms with Crippen molar-refractivity contribution in [3.63, 3.8) is 0 Å². The fourth-order valence-corrected chi connectivity index (χ4v) is 6.32. The van der Waals surface area contributed by atoms with E-state index in [0.717, 1.165) is 10.6 Å². The summed E-state index contributed by atoms with van der Waals surface area (Å²) in [5, 5.41) is 6.56. The predicted octanol–water partition coefficient (Wildman–Crippen LogP) is 5.92. The van der Waals surface area contributed by atoms with E-state index < -0.39 is 57.6 Å². The summed E-state index contributed by atoms with van der Waals surface area (Å²) in [6.07, 6.45) is -9.66. The molecule has 2 aliphatic rings. The van der Waals surface area contributed by atoms with Crippen LogP contribution in [0.15, 0.2) is 54.6 Å². The van der Waals surface area contributed by atoms with E-state index >= 15 is 0 Å². The van der Waals surface area contributed by atoms with Crippen molar-refractivity contribution in [1.29, 1.82) is 0 Å². The number of piperidine rings is 1. The van der Waals surface area contributed by atoms with Crippen LogP contribution >= 0.6 is 0 Å². The SMILES string of the molecule is O=C(c1cc2c3ccc(C(F)(F)F)nc3c3cc(C(F)(F)F)c(F)cc3n2n1)N1CCC2(CC1)C(=O)NCN2c1ccc(F)cc1. The highest BCUT2D eigenvalue weighted by atomic mass is 19.4. The van der Waals surface area contributed by atoms with Crippen molar-refractivity contribution >= 4 is 44.8 Å². The zero-order chi connectivity index (χ0) is 32.8. The maximum absolute atomic E-state index is 14.7. The van der Waals surface area contributed by atoms with Crippen LogP contribution in [0.3, 0.4) is 0 Å². The lowest BCUT2D eigenvalue weighted by molar-refractivity contribution is -0.141. The highest BCUT2D eigenvalue weighted by molar-refractivity contribution is 6.11. The summed E-state index contributed by atoms with van der Waals surface area (Å²) in [4.78, 5) is 33.5. The largest absolute Gasteiger partial charge is 0.433 e. The van der Waals surface area contributed by atoms with Gasteiger partial charge in [-0.15, -0.1) is 0 Å². The summed E-state index contributed by atoms with van der Waals surface area (Å²) in [6.45, 7) is 0.375. The van der Waals surface area contributed by atoms with Gasteiger partial charge in [-0.25, -0.2) is 18.3 Å². The van der Waals surface area contributed by atoms with Crippen LogP contribution < -0.4 is 10.2 Å². The Kier molecular flexibility index (Phi) is 6.45. The lowest BCUT2D eigenvalue weighted by Crippen LogP contribution is -2.57. The number of carbonyl (C=O) groups excluding carboxylic acids is 2. The highest BCUT2D eigenvalue weighted by Gasteiger charge is 2.51. The normalized spacial score (nSPS) is 17.1. The van der Waals surface area contributed by atoms with Crippen LogP contribution in [-0.2, 0) is 17.1 Å². The van der Waals surface area contributed by atoms with Gasteiger partial charge in [-0.2, -0.15) is 31.4 Å². The molecule has 2 fully saturated rings. The third-order valence-electron chi connectivity index (χ3n) is 8.62. The Morgan fingerprint density at radius 1 is 0.848 bits per heavy atom. The predicted molar refractivity (Wildman–Crippen MR) is 148 cm³/mol. The molecule has 1 spiro atoms. The molecule has 0 atom stereocenters. The first-order valence-corrected chi connectivity index (χ1v) is 13.9. The Morgan fingerprint density at radius 2 is 1.52 bits per heavy atom. The number of nitrogens with one attached hydrogen (secondary N) is 1. The Morgan fingerprint density at radius 3 is 2.17 bits per heavy atom. The summed E-state index contributed by atoms with van der Waals surface area (Å²) in [5.74, 6) is -2.98. The summed E-state index contributed by atoms with van der Waals surface area (Å²) in [6, 6.07) is 9.45. The molecule has 3 aromatic heterocycles. The average Bonchev–Trinajstić information content (AvgIpc) is 3.58. The van der Waals surface area contributed by atoms with Crippen molar-refractivity contribution < 1.29 is 44.7 Å². The van der Waals surface area contributed by atoms with Crippen molar-refractivity contribution in [2.75, 3.05) is 24.7 Å². The average molecular weight is 649 g/mol. The van der Waals surface area contributed by atoms with Gasteiger partial charge in [0.15, 0.2) is 5.69 Å². The molecular formula is C30H20F8N6O2. The van der Waals surface area contributed by atoms with Gasteiger partial charge in [0, 0.05) is 35.6 Å². The van der Waals surface area contributed by atoms with E-state index in [-0.39, 0.29) is 60.6 Å². The van der Waals surface area contributed by atoms with Gasteiger partial charge in [-0.1, -0.05) is 0 Å². The number of halogens is 8. The molecule has 2 aliphatic heterocycles. The van der Waals surface area contributed by atoms with Crippen LogP contribution in [0, 0.1) is 11.6 Å². The molecule has 0 aliphatic carbocycles. The number of amides is 2. The molecule has 2 saturated heterocycles. The Hall–Kier alpha value is -5.02. The van der Waals surface area contributed by atoms with Crippen LogP contribution in [0.4, 0.5) is 40.8 Å². The van der Waals surface area contributed by atoms with Crippen LogP contribution in [0.25, 0.3) is 27.3 Å². The number of alkyl halides is 6. The number of fused-ring (bicyclic) bond motifs is 6. The van der Waals surface area contributed by atoms with Gasteiger partial charge in [0.2, 0.25) is 5.91 Å². The van der Waals surface area contributed by atoms with Crippen LogP contribution in [0.2, 0.25) is 0 Å². The minimum Gasteiger partial charge on any atom is -0.339 e. The fraction of sp³-hybridized carbons (Fsp3) is 0.267. The van der Waals surface area contributed by atoms with Gasteiger partial charge in [0.25, 0.3) is 5.91 Å². The minimum absolute atomic E-state index is 0.0253. The van der Waals surface area contributed by atoms with Crippen molar-refractivity contribution in [2.24, 2.45) is 0 Å². The Balaban J connectivity index is 1.28. The van der Waals surface area contributed by atoms with Crippen molar-refractivity contribution in [1.82, 2.24) is 24.8 Å². The molecule has 2 aromatic carbocycles. The number of aromatic nitrogens is 3. The van der Waals surface area contributed by atoms with Crippen LogP contribution in [-0.4, -0.2) is 56.6 Å². The lowest BCUT2D eigenvalue weighted by Gasteiger charge is -2.43. The molecule has 8 nitrogen and oxygen atoms in total. The molecule has 0 saturated carbocycles. The number of pyridine rings is 2. The molecule has 2 amide bonds. The quantitative estimate of drug-likeness (QED) is 0.190. The molecule has 238 valence electrons. The number of hydrogen-bond donors (Lipinski definition) is 1. The van der Waals surface area contributed by atoms with E-state index in [1.807, 2.05) is 4.90 Å². The van der Waals surface area contributed by atoms with E-state index in [9.17, 15) is 44.7 Å². The smallest absolute Gasteiger partial charge is 0.339 e. The number of rotatable bonds is 2. The molecule has 0 bridgehead atoms. The number of likely N-dealkylation sites (tertiary alicyclic amines) is 1. The monoisotopic (exact) mass is 648 g/mol. The molecular weight excluding hydrogens is 628 g/mol. The summed E-state index contributed by atoms with van der Waals surface area (Å²) < 4.78 is 111. The summed E-state index contributed by atoms with van der Waals surface area (Å²) in [7, 11) is 0. The number of benzene rings is 2. The molecule has 0 unspecified atom stereocenters. The Labute approximate surface area is 253 Å². The first kappa shape index (κ1) is 29.7. The van der Waals surface area contributed by atoms with Gasteiger partial charge >= 0.3 is 12.4 Å². The summed E-state index contributed by atoms with van der Waals surface area (Å²) >= 11 is 0. The van der Waals surface area contributed by atoms with E-state index in [2.05, 4.69) is 15.4 Å². The van der Waals surface area contributed by atoms with Gasteiger partial charge in [0.05, 0.1) is 28.8 Å². The topological polar surface area (TPSA) is 82.8 Å². The minimum atomic E-state index is -5.15. The first-order valence-electron chi connectivity index (χ1n) is 13.9. The number of anilines is 1. The van der Waals surface area contributed by atoms with Crippen molar-refractivity contribution in [2.45, 2.75) is 30.7 Å². The number of carbonyl (C=O) groups is 2. The maximum Gasteiger partial charge on any atom is 0.433 e. The molecule has 1 N–H and O–H groups in total. The van der Waals surface area contributed by atoms with Crippen molar-refractivity contribution in [3.8, 4) is 0 Å². The van der Waals surface area contributed by atoms with Crippen molar-refractivity contribution in [3.05, 3.63) is 83.2 Å². The highest BCUT2D eigenvalue weighted by Crippen LogP contribution is 2.40. The third-order valence-corrected chi connectivity index (χ3v) is 8.62. The zero-order valence-corrected chi connectivity index (χ0v) is 23.3. The van der Waals surface area contributed by atoms with E-state index in [1.54, 1.807) is 12.1 Å². The molecule has 5 heterocycles. The second-order valence-electron chi connectivity index (χ2n) is 11.2. The second-order valence-corrected chi connectivity index (χ2v) is 11.2. The molecule has 0 radical (unpaired) electrons. The number of hydrogen-bond acceptors (Lipinski definition) is 5. The van der Waals surface area contributed by atoms with Crippen LogP contribution in [0.1, 0.15) is 34.6 Å². The maximum atomic E-state index is 14.7. The van der Waals surface area contributed by atoms with Gasteiger partial charge in [0.1, 0.15) is 22.9 Å². The van der Waals surface area contributed by atoms with E-state index in [0.29, 0.717) is 23.9 Å². The first-order chi connectivity index (χ1) is 21.7. The molecule has 16 heteroatoms. The second kappa shape index (κ2) is 9.99. The van der Waals surface area contributed by atoms with Gasteiger partial charge in [-0.3, -0.25) is 9.59 Å². The number of nitrogens with zero attached hydrogens (tertiary/aromatic N) is 5. The Bertz CT molecular complexity index is 2060. The van der Waals surface area contributed by atoms with Gasteiger partial charge < -0.3 is 15.1 Å². The van der Waals surface area contributed by atoms with E-state index in [4.69, 9.17) is 0 Å². The van der Waals surface area contributed by atoms with Gasteiger partial charge in [-0.05, 0) is 61.4 Å². The third kappa shape index (κ3) is 4.57. The molecule has 46 heavy (non-hydrogen) atoms. The molecule has 7 rings (SSSR count). The fourth-order valence-electron chi connectivity index (χ4n) is 6.32. The summed E-state index contributed by atoms with van der Waals surface area (Å²) in [5.41, 5.74) is -4.43. The van der Waals surface area contributed by atoms with E-state index in [1.165, 1.54) is 23.1 Å². The molecule has 5 aromatic rings.